The summed E-state index contributed by atoms with van der Waals surface area (Å²) in [4.78, 5) is -0.422. The molecule has 0 bridgehead atoms. The second-order valence-corrected chi connectivity index (χ2v) is 6.39. The van der Waals surface area contributed by atoms with E-state index < -0.39 is 20.7 Å². The number of nitrogens with one attached hydrogen (secondary N) is 2. The summed E-state index contributed by atoms with van der Waals surface area (Å²) in [7, 11) is -3.88. The quantitative estimate of drug-likeness (QED) is 0.832. The van der Waals surface area contributed by atoms with Gasteiger partial charge in [0.2, 0.25) is 10.0 Å². The molecule has 0 fully saturated rings. The molecule has 0 aromatic heterocycles. The highest BCUT2D eigenvalue weighted by Crippen LogP contribution is 2.19. The Labute approximate surface area is 116 Å². The largest absolute Gasteiger partial charge is 0.313 e. The number of halogens is 2. The average Bonchev–Trinajstić information content (AvgIpc) is 2.40. The molecule has 0 saturated carbocycles. The van der Waals surface area contributed by atoms with Crippen LogP contribution < -0.4 is 10.0 Å². The molecule has 1 heterocycles. The summed E-state index contributed by atoms with van der Waals surface area (Å²) in [5.74, 6) is -0.809. The first-order chi connectivity index (χ1) is 8.99. The topological polar surface area (TPSA) is 58.2 Å². The zero-order valence-electron chi connectivity index (χ0n) is 10.1. The highest BCUT2D eigenvalue weighted by Gasteiger charge is 2.19. The fraction of sp³-hybridized carbons (Fsp3) is 0.333. The third-order valence-electron chi connectivity index (χ3n) is 2.83. The lowest BCUT2D eigenvalue weighted by Crippen LogP contribution is -2.30. The Hall–Kier alpha value is -0.950. The summed E-state index contributed by atoms with van der Waals surface area (Å²) in [6.45, 7) is 1.73. The molecule has 0 radical (unpaired) electrons. The zero-order valence-corrected chi connectivity index (χ0v) is 11.7. The molecule has 0 unspecified atom stereocenters. The van der Waals surface area contributed by atoms with E-state index in [1.807, 2.05) is 6.08 Å². The Kier molecular flexibility index (Phi) is 4.57. The molecule has 0 aliphatic carbocycles. The monoisotopic (exact) mass is 304 g/mol. The standard InChI is InChI=1S/C12H14ClFN2O2S/c13-10-1-2-11(14)12(7-10)19(17,18)16-8-9-3-5-15-6-4-9/h1-3,7,15-16H,4-6,8H2. The van der Waals surface area contributed by atoms with E-state index in [1.54, 1.807) is 0 Å². The van der Waals surface area contributed by atoms with Crippen LogP contribution in [-0.2, 0) is 10.0 Å². The minimum absolute atomic E-state index is 0.183. The third kappa shape index (κ3) is 3.76. The lowest BCUT2D eigenvalue weighted by Gasteiger charge is -2.15. The maximum atomic E-state index is 13.5. The van der Waals surface area contributed by atoms with E-state index in [2.05, 4.69) is 10.0 Å². The van der Waals surface area contributed by atoms with Crippen LogP contribution in [0.3, 0.4) is 0 Å². The van der Waals surface area contributed by atoms with E-state index in [1.165, 1.54) is 6.07 Å². The summed E-state index contributed by atoms with van der Waals surface area (Å²) in [6.07, 6.45) is 2.71. The van der Waals surface area contributed by atoms with E-state index in [0.717, 1.165) is 37.2 Å². The van der Waals surface area contributed by atoms with E-state index in [0.29, 0.717) is 0 Å². The van der Waals surface area contributed by atoms with Crippen LogP contribution in [-0.4, -0.2) is 28.1 Å². The maximum absolute atomic E-state index is 13.5. The Morgan fingerprint density at radius 2 is 2.21 bits per heavy atom. The number of benzene rings is 1. The molecule has 0 spiro atoms. The lowest BCUT2D eigenvalue weighted by atomic mass is 10.1. The Morgan fingerprint density at radius 3 is 2.89 bits per heavy atom. The second kappa shape index (κ2) is 6.00. The number of hydrogen-bond donors (Lipinski definition) is 2. The summed E-state index contributed by atoms with van der Waals surface area (Å²) in [5.41, 5.74) is 0.991. The second-order valence-electron chi connectivity index (χ2n) is 4.22. The predicted octanol–water partition coefficient (Wildman–Crippen LogP) is 1.68. The van der Waals surface area contributed by atoms with Gasteiger partial charge in [-0.15, -0.1) is 0 Å². The van der Waals surface area contributed by atoms with Crippen molar-refractivity contribution in [2.24, 2.45) is 0 Å². The molecule has 2 N–H and O–H groups in total. The molecule has 104 valence electrons. The van der Waals surface area contributed by atoms with Gasteiger partial charge in [-0.05, 0) is 31.2 Å². The number of rotatable bonds is 4. The van der Waals surface area contributed by atoms with Crippen molar-refractivity contribution in [3.05, 3.63) is 40.7 Å². The minimum atomic E-state index is -3.88. The smallest absolute Gasteiger partial charge is 0.243 e. The van der Waals surface area contributed by atoms with Crippen molar-refractivity contribution in [1.29, 1.82) is 0 Å². The van der Waals surface area contributed by atoms with Gasteiger partial charge in [-0.25, -0.2) is 17.5 Å². The van der Waals surface area contributed by atoms with Gasteiger partial charge in [-0.2, -0.15) is 0 Å². The van der Waals surface area contributed by atoms with E-state index in [4.69, 9.17) is 11.6 Å². The summed E-state index contributed by atoms with van der Waals surface area (Å²) >= 11 is 5.69. The molecule has 0 amide bonds. The molecule has 0 atom stereocenters. The van der Waals surface area contributed by atoms with Crippen LogP contribution in [0, 0.1) is 5.82 Å². The van der Waals surface area contributed by atoms with Crippen LogP contribution in [0.5, 0.6) is 0 Å². The van der Waals surface area contributed by atoms with Crippen molar-refractivity contribution in [2.45, 2.75) is 11.3 Å². The predicted molar refractivity (Wildman–Crippen MR) is 72.2 cm³/mol. The molecular formula is C12H14ClFN2O2S. The Bertz CT molecular complexity index is 602. The molecule has 1 aliphatic heterocycles. The van der Waals surface area contributed by atoms with Crippen LogP contribution in [0.15, 0.2) is 34.7 Å². The van der Waals surface area contributed by atoms with E-state index in [-0.39, 0.29) is 11.6 Å². The fourth-order valence-electron chi connectivity index (χ4n) is 1.78. The van der Waals surface area contributed by atoms with Gasteiger partial charge < -0.3 is 5.32 Å². The third-order valence-corrected chi connectivity index (χ3v) is 4.48. The van der Waals surface area contributed by atoms with Crippen LogP contribution >= 0.6 is 11.6 Å². The van der Waals surface area contributed by atoms with Crippen molar-refractivity contribution in [1.82, 2.24) is 10.0 Å². The Balaban J connectivity index is 2.13. The summed E-state index contributed by atoms with van der Waals surface area (Å²) in [6, 6.07) is 3.46. The Morgan fingerprint density at radius 1 is 1.42 bits per heavy atom. The van der Waals surface area contributed by atoms with Gasteiger partial charge in [0.05, 0.1) is 0 Å². The molecule has 1 aromatic rings. The van der Waals surface area contributed by atoms with Crippen molar-refractivity contribution < 1.29 is 12.8 Å². The van der Waals surface area contributed by atoms with E-state index >= 15 is 0 Å². The van der Waals surface area contributed by atoms with Gasteiger partial charge in [0.25, 0.3) is 0 Å². The number of hydrogen-bond acceptors (Lipinski definition) is 3. The fourth-order valence-corrected chi connectivity index (χ4v) is 3.15. The van der Waals surface area contributed by atoms with Gasteiger partial charge >= 0.3 is 0 Å². The molecule has 2 rings (SSSR count). The van der Waals surface area contributed by atoms with Gasteiger partial charge in [0.15, 0.2) is 0 Å². The first-order valence-corrected chi connectivity index (χ1v) is 7.68. The zero-order chi connectivity index (χ0) is 13.9. The lowest BCUT2D eigenvalue weighted by molar-refractivity contribution is 0.558. The maximum Gasteiger partial charge on any atom is 0.243 e. The van der Waals surface area contributed by atoms with Crippen LogP contribution in [0.1, 0.15) is 6.42 Å². The van der Waals surface area contributed by atoms with Crippen molar-refractivity contribution in [2.75, 3.05) is 19.6 Å². The average molecular weight is 305 g/mol. The number of sulfonamides is 1. The molecule has 7 heteroatoms. The summed E-state index contributed by atoms with van der Waals surface area (Å²) in [5, 5.41) is 3.31. The van der Waals surface area contributed by atoms with Crippen molar-refractivity contribution >= 4 is 21.6 Å². The molecule has 0 saturated heterocycles. The van der Waals surface area contributed by atoms with Gasteiger partial charge in [-0.3, -0.25) is 0 Å². The summed E-state index contributed by atoms with van der Waals surface area (Å²) < 4.78 is 39.9. The molecular weight excluding hydrogens is 291 g/mol. The van der Waals surface area contributed by atoms with Crippen molar-refractivity contribution in [3.8, 4) is 0 Å². The highest BCUT2D eigenvalue weighted by molar-refractivity contribution is 7.89. The first kappa shape index (κ1) is 14.5. The van der Waals surface area contributed by atoms with Crippen LogP contribution in [0.25, 0.3) is 0 Å². The van der Waals surface area contributed by atoms with E-state index in [9.17, 15) is 12.8 Å². The highest BCUT2D eigenvalue weighted by atomic mass is 35.5. The van der Waals surface area contributed by atoms with Gasteiger partial charge in [0.1, 0.15) is 10.7 Å². The SMILES string of the molecule is O=S(=O)(NCC1=CCNCC1)c1cc(Cl)ccc1F. The van der Waals surface area contributed by atoms with Gasteiger partial charge in [-0.1, -0.05) is 23.3 Å². The van der Waals surface area contributed by atoms with Gasteiger partial charge in [0, 0.05) is 18.1 Å². The molecule has 1 aromatic carbocycles. The van der Waals surface area contributed by atoms with Crippen LogP contribution in [0.2, 0.25) is 5.02 Å². The normalized spacial score (nSPS) is 16.2. The molecule has 19 heavy (non-hydrogen) atoms. The first-order valence-electron chi connectivity index (χ1n) is 5.82. The minimum Gasteiger partial charge on any atom is -0.313 e. The van der Waals surface area contributed by atoms with Crippen molar-refractivity contribution in [3.63, 3.8) is 0 Å². The van der Waals surface area contributed by atoms with Crippen LogP contribution in [0.4, 0.5) is 4.39 Å². The molecule has 4 nitrogen and oxygen atoms in total. The molecule has 1 aliphatic rings.